The van der Waals surface area contributed by atoms with Crippen LogP contribution in [0.2, 0.25) is 0 Å². The van der Waals surface area contributed by atoms with E-state index in [0.717, 1.165) is 16.7 Å². The lowest BCUT2D eigenvalue weighted by molar-refractivity contribution is 0.0177. The van der Waals surface area contributed by atoms with Crippen molar-refractivity contribution >= 4 is 12.0 Å². The molecule has 0 saturated carbocycles. The Morgan fingerprint density at radius 3 is 2.30 bits per heavy atom. The molecule has 1 aliphatic heterocycles. The average molecular weight is 455 g/mol. The molecule has 0 spiro atoms. The molecule has 1 N–H and O–H groups in total. The summed E-state index contributed by atoms with van der Waals surface area (Å²) in [5.41, 5.74) is 2.61. The number of amides is 2. The number of carbonyl (C=O) groups is 2. The van der Waals surface area contributed by atoms with Crippen LogP contribution < -0.4 is 4.74 Å². The minimum Gasteiger partial charge on any atom is -0.504 e. The first kappa shape index (κ1) is 24.4. The highest BCUT2D eigenvalue weighted by Gasteiger charge is 2.35. The van der Waals surface area contributed by atoms with Crippen molar-refractivity contribution in [1.29, 1.82) is 0 Å². The third kappa shape index (κ3) is 5.24. The minimum absolute atomic E-state index is 0.0145. The van der Waals surface area contributed by atoms with Crippen molar-refractivity contribution in [2.75, 3.05) is 26.7 Å². The van der Waals surface area contributed by atoms with E-state index in [9.17, 15) is 14.7 Å². The second-order valence-electron chi connectivity index (χ2n) is 9.15. The van der Waals surface area contributed by atoms with Crippen LogP contribution in [0.5, 0.6) is 11.5 Å². The summed E-state index contributed by atoms with van der Waals surface area (Å²) in [5, 5.41) is 10.5. The number of hydrogen-bond acceptors (Lipinski definition) is 5. The van der Waals surface area contributed by atoms with E-state index in [1.54, 1.807) is 28.0 Å². The topological polar surface area (TPSA) is 79.3 Å². The van der Waals surface area contributed by atoms with Gasteiger partial charge in [0.2, 0.25) is 0 Å². The standard InChI is InChI=1S/C26H34N2O5/c1-7-27(8-2)24(30)18-11-9-17(10-12-18)23-20-16-21(29)22(32-6)15-19(20)13-14-28(23)25(31)33-26(3,4)5/h9-12,15-16,23,29H,7-8,13-14H2,1-6H3. The number of fused-ring (bicyclic) bond motifs is 1. The zero-order chi connectivity index (χ0) is 24.3. The van der Waals surface area contributed by atoms with Gasteiger partial charge in [0.05, 0.1) is 13.2 Å². The number of phenols is 1. The van der Waals surface area contributed by atoms with E-state index in [2.05, 4.69) is 0 Å². The molecular formula is C26H34N2O5. The molecule has 33 heavy (non-hydrogen) atoms. The van der Waals surface area contributed by atoms with Crippen molar-refractivity contribution < 1.29 is 24.2 Å². The van der Waals surface area contributed by atoms with Crippen LogP contribution in [0.3, 0.4) is 0 Å². The Hall–Kier alpha value is -3.22. The van der Waals surface area contributed by atoms with Crippen LogP contribution in [0.15, 0.2) is 36.4 Å². The first-order valence-electron chi connectivity index (χ1n) is 11.4. The molecule has 1 unspecified atom stereocenters. The zero-order valence-corrected chi connectivity index (χ0v) is 20.3. The fourth-order valence-electron chi connectivity index (χ4n) is 4.18. The summed E-state index contributed by atoms with van der Waals surface area (Å²) in [5.74, 6) is 0.390. The summed E-state index contributed by atoms with van der Waals surface area (Å²) in [4.78, 5) is 29.3. The number of aromatic hydroxyl groups is 1. The third-order valence-electron chi connectivity index (χ3n) is 5.82. The molecule has 2 aromatic carbocycles. The van der Waals surface area contributed by atoms with E-state index in [0.29, 0.717) is 37.4 Å². The van der Waals surface area contributed by atoms with Crippen LogP contribution in [0.25, 0.3) is 0 Å². The van der Waals surface area contributed by atoms with Gasteiger partial charge in [-0.05, 0) is 82.0 Å². The lowest BCUT2D eigenvalue weighted by atomic mass is 9.87. The van der Waals surface area contributed by atoms with E-state index in [1.165, 1.54) is 7.11 Å². The van der Waals surface area contributed by atoms with Gasteiger partial charge in [0.25, 0.3) is 5.91 Å². The molecular weight excluding hydrogens is 420 g/mol. The van der Waals surface area contributed by atoms with E-state index in [-0.39, 0.29) is 11.7 Å². The molecule has 178 valence electrons. The number of benzene rings is 2. The SMILES string of the molecule is CCN(CC)C(=O)c1ccc(C2c3cc(O)c(OC)cc3CCN2C(=O)OC(C)(C)C)cc1. The summed E-state index contributed by atoms with van der Waals surface area (Å²) >= 11 is 0. The quantitative estimate of drug-likeness (QED) is 0.704. The van der Waals surface area contributed by atoms with Gasteiger partial charge in [0, 0.05) is 25.2 Å². The molecule has 0 aliphatic carbocycles. The van der Waals surface area contributed by atoms with Gasteiger partial charge in [-0.15, -0.1) is 0 Å². The molecule has 0 aromatic heterocycles. The normalized spacial score (nSPS) is 15.6. The number of rotatable bonds is 5. The highest BCUT2D eigenvalue weighted by atomic mass is 16.6. The second-order valence-corrected chi connectivity index (χ2v) is 9.15. The number of hydrogen-bond donors (Lipinski definition) is 1. The summed E-state index contributed by atoms with van der Waals surface area (Å²) in [6, 6.07) is 10.3. The van der Waals surface area contributed by atoms with Gasteiger partial charge >= 0.3 is 6.09 Å². The van der Waals surface area contributed by atoms with E-state index < -0.39 is 17.7 Å². The molecule has 1 aliphatic rings. The fourth-order valence-corrected chi connectivity index (χ4v) is 4.18. The highest BCUT2D eigenvalue weighted by Crippen LogP contribution is 2.41. The van der Waals surface area contributed by atoms with E-state index in [4.69, 9.17) is 9.47 Å². The number of methoxy groups -OCH3 is 1. The summed E-state index contributed by atoms with van der Waals surface area (Å²) in [6.45, 7) is 11.1. The molecule has 0 fully saturated rings. The number of nitrogens with zero attached hydrogens (tertiary/aromatic N) is 2. The average Bonchev–Trinajstić information content (AvgIpc) is 2.77. The third-order valence-corrected chi connectivity index (χ3v) is 5.82. The maximum Gasteiger partial charge on any atom is 0.411 e. The number of phenolic OH excluding ortho intramolecular Hbond substituents is 1. The smallest absolute Gasteiger partial charge is 0.411 e. The monoisotopic (exact) mass is 454 g/mol. The molecule has 7 heteroatoms. The Labute approximate surface area is 195 Å². The van der Waals surface area contributed by atoms with E-state index >= 15 is 0 Å². The molecule has 7 nitrogen and oxygen atoms in total. The highest BCUT2D eigenvalue weighted by molar-refractivity contribution is 5.94. The Morgan fingerprint density at radius 2 is 1.76 bits per heavy atom. The Kier molecular flexibility index (Phi) is 7.20. The largest absolute Gasteiger partial charge is 0.504 e. The predicted molar refractivity (Wildman–Crippen MR) is 127 cm³/mol. The van der Waals surface area contributed by atoms with E-state index in [1.807, 2.05) is 52.8 Å². The molecule has 3 rings (SSSR count). The molecule has 0 saturated heterocycles. The van der Waals surface area contributed by atoms with Crippen molar-refractivity contribution in [3.05, 3.63) is 58.7 Å². The zero-order valence-electron chi connectivity index (χ0n) is 20.3. The maximum atomic E-state index is 13.1. The Balaban J connectivity index is 2.04. The molecule has 2 aromatic rings. The van der Waals surface area contributed by atoms with Gasteiger partial charge in [0.15, 0.2) is 11.5 Å². The summed E-state index contributed by atoms with van der Waals surface area (Å²) in [6.07, 6.45) is 0.192. The molecule has 0 radical (unpaired) electrons. The van der Waals surface area contributed by atoms with Gasteiger partial charge in [-0.1, -0.05) is 12.1 Å². The lowest BCUT2D eigenvalue weighted by Crippen LogP contribution is -2.43. The van der Waals surface area contributed by atoms with Crippen LogP contribution in [0.4, 0.5) is 4.79 Å². The van der Waals surface area contributed by atoms with Crippen molar-refractivity contribution in [3.8, 4) is 11.5 Å². The van der Waals surface area contributed by atoms with Gasteiger partial charge < -0.3 is 19.5 Å². The maximum absolute atomic E-state index is 13.1. The van der Waals surface area contributed by atoms with Crippen molar-refractivity contribution in [3.63, 3.8) is 0 Å². The molecule has 2 amide bonds. The van der Waals surface area contributed by atoms with Gasteiger partial charge in [-0.2, -0.15) is 0 Å². The van der Waals surface area contributed by atoms with Crippen molar-refractivity contribution in [2.24, 2.45) is 0 Å². The van der Waals surface area contributed by atoms with Crippen LogP contribution >= 0.6 is 0 Å². The Bertz CT molecular complexity index is 1010. The minimum atomic E-state index is -0.635. The first-order valence-corrected chi connectivity index (χ1v) is 11.4. The predicted octanol–water partition coefficient (Wildman–Crippen LogP) is 4.77. The van der Waals surface area contributed by atoms with Crippen LogP contribution in [-0.4, -0.2) is 59.3 Å². The van der Waals surface area contributed by atoms with Gasteiger partial charge in [0.1, 0.15) is 5.60 Å². The second kappa shape index (κ2) is 9.73. The first-order chi connectivity index (χ1) is 15.6. The molecule has 1 atom stereocenters. The van der Waals surface area contributed by atoms with Crippen LogP contribution in [0, 0.1) is 0 Å². The summed E-state index contributed by atoms with van der Waals surface area (Å²) < 4.78 is 11.0. The lowest BCUT2D eigenvalue weighted by Gasteiger charge is -2.38. The molecule has 0 bridgehead atoms. The van der Waals surface area contributed by atoms with Crippen molar-refractivity contribution in [1.82, 2.24) is 9.80 Å². The van der Waals surface area contributed by atoms with Gasteiger partial charge in [-0.25, -0.2) is 4.79 Å². The summed E-state index contributed by atoms with van der Waals surface area (Å²) in [7, 11) is 1.51. The number of ether oxygens (including phenoxy) is 2. The van der Waals surface area contributed by atoms with Crippen molar-refractivity contribution in [2.45, 2.75) is 52.7 Å². The fraction of sp³-hybridized carbons (Fsp3) is 0.462. The molecule has 1 heterocycles. The van der Waals surface area contributed by atoms with Gasteiger partial charge in [-0.3, -0.25) is 9.69 Å². The van der Waals surface area contributed by atoms with Crippen LogP contribution in [0.1, 0.15) is 67.7 Å². The number of carbonyl (C=O) groups excluding carboxylic acids is 2. The Morgan fingerprint density at radius 1 is 1.12 bits per heavy atom. The van der Waals surface area contributed by atoms with Crippen LogP contribution in [-0.2, 0) is 11.2 Å².